The van der Waals surface area contributed by atoms with Gasteiger partial charge in [-0.2, -0.15) is 0 Å². The second-order valence-electron chi connectivity index (χ2n) is 11.3. The van der Waals surface area contributed by atoms with Crippen molar-refractivity contribution in [2.24, 2.45) is 5.73 Å². The maximum absolute atomic E-state index is 14.1. The smallest absolute Gasteiger partial charge is 0.326 e. The van der Waals surface area contributed by atoms with Gasteiger partial charge < -0.3 is 30.4 Å². The van der Waals surface area contributed by atoms with E-state index >= 15 is 0 Å². The van der Waals surface area contributed by atoms with Crippen molar-refractivity contribution in [2.75, 3.05) is 38.4 Å². The van der Waals surface area contributed by atoms with Gasteiger partial charge in [-0.05, 0) is 35.4 Å². The van der Waals surface area contributed by atoms with E-state index in [0.29, 0.717) is 32.0 Å². The highest BCUT2D eigenvalue weighted by Crippen LogP contribution is 2.34. The van der Waals surface area contributed by atoms with Crippen LogP contribution in [0.25, 0.3) is 10.6 Å². The minimum atomic E-state index is -4.30. The molecule has 5 rings (SSSR count). The standard InChI is InChI=1S/C36H39N5O7S2/c37-36(50(44,45)33-11-4-5-17-38-33,25-27-12-14-29(15-13-27)34-39-18-24-49-34)31-9-6-10-32(41-31)40-30(35(42)43)16-19-46-20-21-47-22-23-48-26-28-7-2-1-3-8-28/h1-15,17-18,24,30H,16,19-23,25-26,37H2,(H,40,41)(H,42,43). The van der Waals surface area contributed by atoms with Gasteiger partial charge in [0.15, 0.2) is 9.90 Å². The summed E-state index contributed by atoms with van der Waals surface area (Å²) in [5.74, 6) is -0.966. The number of benzene rings is 2. The maximum Gasteiger partial charge on any atom is 0.326 e. The van der Waals surface area contributed by atoms with Gasteiger partial charge in [-0.25, -0.2) is 28.2 Å². The molecule has 0 amide bonds. The van der Waals surface area contributed by atoms with Gasteiger partial charge in [-0.1, -0.05) is 66.7 Å². The van der Waals surface area contributed by atoms with Crippen LogP contribution in [-0.4, -0.2) is 73.5 Å². The third-order valence-electron chi connectivity index (χ3n) is 7.70. The molecule has 0 aliphatic rings. The van der Waals surface area contributed by atoms with Crippen LogP contribution in [0.15, 0.2) is 114 Å². The van der Waals surface area contributed by atoms with E-state index in [-0.39, 0.29) is 42.6 Å². The zero-order valence-corrected chi connectivity index (χ0v) is 28.9. The number of ether oxygens (including phenoxy) is 3. The SMILES string of the molecule is NC(Cc1ccc(-c2nccs2)cc1)(c1cccc(NC(CCOCCOCCOCc2ccccc2)C(=O)O)n1)S(=O)(=O)c1ccccn1. The van der Waals surface area contributed by atoms with Crippen molar-refractivity contribution in [2.45, 2.75) is 35.4 Å². The van der Waals surface area contributed by atoms with Crippen molar-refractivity contribution in [3.05, 3.63) is 126 Å². The number of rotatable bonds is 20. The minimum Gasteiger partial charge on any atom is -0.480 e. The molecule has 0 aliphatic carbocycles. The Kier molecular flexibility index (Phi) is 13.1. The number of nitrogens with one attached hydrogen (secondary N) is 1. The van der Waals surface area contributed by atoms with Crippen LogP contribution in [0.5, 0.6) is 0 Å². The Balaban J connectivity index is 1.20. The van der Waals surface area contributed by atoms with Crippen molar-refractivity contribution < 1.29 is 32.5 Å². The van der Waals surface area contributed by atoms with Gasteiger partial charge >= 0.3 is 5.97 Å². The molecule has 0 saturated heterocycles. The average Bonchev–Trinajstić information content (AvgIpc) is 3.68. The highest BCUT2D eigenvalue weighted by atomic mass is 32.2. The number of thiazole rings is 1. The number of anilines is 1. The van der Waals surface area contributed by atoms with Gasteiger partial charge in [0, 0.05) is 42.8 Å². The minimum absolute atomic E-state index is 0.0300. The Bertz CT molecular complexity index is 1880. The lowest BCUT2D eigenvalue weighted by molar-refractivity contribution is -0.138. The quantitative estimate of drug-likeness (QED) is 0.0927. The predicted octanol–water partition coefficient (Wildman–Crippen LogP) is 4.93. The maximum atomic E-state index is 14.1. The molecular formula is C36H39N5O7S2. The number of pyridine rings is 2. The predicted molar refractivity (Wildman–Crippen MR) is 190 cm³/mol. The molecule has 262 valence electrons. The summed E-state index contributed by atoms with van der Waals surface area (Å²) < 4.78 is 45.0. The van der Waals surface area contributed by atoms with Gasteiger partial charge in [0.2, 0.25) is 9.84 Å². The molecule has 2 unspecified atom stereocenters. The van der Waals surface area contributed by atoms with Crippen LogP contribution in [-0.2, 0) is 46.7 Å². The summed E-state index contributed by atoms with van der Waals surface area (Å²) in [5, 5.41) is 15.3. The number of carboxylic acids is 1. The Morgan fingerprint density at radius 2 is 1.54 bits per heavy atom. The van der Waals surface area contributed by atoms with Gasteiger partial charge in [-0.3, -0.25) is 0 Å². The normalized spacial score (nSPS) is 13.4. The average molecular weight is 718 g/mol. The molecule has 12 nitrogen and oxygen atoms in total. The van der Waals surface area contributed by atoms with Crippen LogP contribution in [0.1, 0.15) is 23.2 Å². The topological polar surface area (TPSA) is 176 Å². The van der Waals surface area contributed by atoms with Gasteiger partial charge in [0.05, 0.1) is 38.7 Å². The summed E-state index contributed by atoms with van der Waals surface area (Å²) in [6, 6.07) is 25.4. The molecule has 50 heavy (non-hydrogen) atoms. The largest absolute Gasteiger partial charge is 0.480 e. The second kappa shape index (κ2) is 17.9. The summed E-state index contributed by atoms with van der Waals surface area (Å²) >= 11 is 1.50. The first-order chi connectivity index (χ1) is 24.3. The number of carbonyl (C=O) groups is 1. The lowest BCUT2D eigenvalue weighted by Gasteiger charge is -2.29. The molecule has 2 aromatic carbocycles. The molecule has 0 fully saturated rings. The second-order valence-corrected chi connectivity index (χ2v) is 14.3. The Morgan fingerprint density at radius 3 is 2.22 bits per heavy atom. The molecule has 4 N–H and O–H groups in total. The van der Waals surface area contributed by atoms with E-state index in [2.05, 4.69) is 20.3 Å². The van der Waals surface area contributed by atoms with Gasteiger partial charge in [0.25, 0.3) is 0 Å². The first-order valence-electron chi connectivity index (χ1n) is 15.9. The third kappa shape index (κ3) is 9.78. The molecule has 2 atom stereocenters. The zero-order valence-electron chi connectivity index (χ0n) is 27.3. The molecular weight excluding hydrogens is 679 g/mol. The molecule has 3 aromatic heterocycles. The molecule has 3 heterocycles. The highest BCUT2D eigenvalue weighted by molar-refractivity contribution is 7.92. The first-order valence-corrected chi connectivity index (χ1v) is 18.3. The van der Waals surface area contributed by atoms with Crippen LogP contribution in [0.3, 0.4) is 0 Å². The molecule has 0 radical (unpaired) electrons. The fourth-order valence-corrected chi connectivity index (χ4v) is 7.26. The van der Waals surface area contributed by atoms with E-state index in [4.69, 9.17) is 19.9 Å². The summed E-state index contributed by atoms with van der Waals surface area (Å²) in [6.07, 6.45) is 3.09. The van der Waals surface area contributed by atoms with Crippen LogP contribution >= 0.6 is 11.3 Å². The van der Waals surface area contributed by atoms with Gasteiger partial charge in [0.1, 0.15) is 16.9 Å². The molecule has 0 saturated carbocycles. The molecule has 0 bridgehead atoms. The summed E-state index contributed by atoms with van der Waals surface area (Å²) in [5.41, 5.74) is 9.52. The van der Waals surface area contributed by atoms with Crippen molar-refractivity contribution in [1.29, 1.82) is 0 Å². The molecule has 5 aromatic rings. The summed E-state index contributed by atoms with van der Waals surface area (Å²) in [7, 11) is -4.30. The van der Waals surface area contributed by atoms with E-state index in [1.807, 2.05) is 47.8 Å². The van der Waals surface area contributed by atoms with Crippen molar-refractivity contribution in [3.63, 3.8) is 0 Å². The number of nitrogens with two attached hydrogens (primary N) is 1. The number of hydrogen-bond donors (Lipinski definition) is 3. The van der Waals surface area contributed by atoms with Crippen molar-refractivity contribution in [1.82, 2.24) is 15.0 Å². The van der Waals surface area contributed by atoms with Crippen LogP contribution in [0, 0.1) is 0 Å². The monoisotopic (exact) mass is 717 g/mol. The zero-order chi connectivity index (χ0) is 35.2. The molecule has 0 spiro atoms. The summed E-state index contributed by atoms with van der Waals surface area (Å²) in [6.45, 7) is 2.12. The number of aliphatic carboxylic acids is 1. The van der Waals surface area contributed by atoms with Gasteiger partial charge in [-0.15, -0.1) is 11.3 Å². The number of hydrogen-bond acceptors (Lipinski definition) is 12. The highest BCUT2D eigenvalue weighted by Gasteiger charge is 2.45. The van der Waals surface area contributed by atoms with E-state index in [9.17, 15) is 18.3 Å². The first kappa shape index (κ1) is 36.7. The molecule has 0 aliphatic heterocycles. The Morgan fingerprint density at radius 1 is 0.820 bits per heavy atom. The lowest BCUT2D eigenvalue weighted by Crippen LogP contribution is -2.48. The van der Waals surface area contributed by atoms with E-state index in [1.54, 1.807) is 42.6 Å². The fraction of sp³-hybridized carbons (Fsp3) is 0.278. The third-order valence-corrected chi connectivity index (χ3v) is 10.6. The van der Waals surface area contributed by atoms with Crippen LogP contribution < -0.4 is 11.1 Å². The fourth-order valence-electron chi connectivity index (χ4n) is 5.04. The molecule has 14 heteroatoms. The number of carboxylic acid groups (broad SMARTS) is 1. The van der Waals surface area contributed by atoms with Crippen LogP contribution in [0.4, 0.5) is 5.82 Å². The number of aromatic nitrogens is 3. The number of nitrogens with zero attached hydrogens (tertiary/aromatic N) is 3. The van der Waals surface area contributed by atoms with E-state index < -0.39 is 26.7 Å². The summed E-state index contributed by atoms with van der Waals surface area (Å²) in [4.78, 5) is 23.0. The Labute approximate surface area is 295 Å². The van der Waals surface area contributed by atoms with Crippen molar-refractivity contribution in [3.8, 4) is 10.6 Å². The Hall–Kier alpha value is -4.57. The number of sulfone groups is 1. The van der Waals surface area contributed by atoms with E-state index in [1.165, 1.54) is 29.7 Å². The van der Waals surface area contributed by atoms with Crippen LogP contribution in [0.2, 0.25) is 0 Å². The lowest BCUT2D eigenvalue weighted by atomic mass is 10.0. The van der Waals surface area contributed by atoms with E-state index in [0.717, 1.165) is 16.1 Å². The van der Waals surface area contributed by atoms with Crippen molar-refractivity contribution >= 4 is 33.0 Å².